The smallest absolute Gasteiger partial charge is 0.335 e. The van der Waals surface area contributed by atoms with Crippen molar-refractivity contribution in [2.75, 3.05) is 6.54 Å². The van der Waals surface area contributed by atoms with E-state index in [0.717, 1.165) is 12.0 Å². The highest BCUT2D eigenvalue weighted by molar-refractivity contribution is 5.87. The Morgan fingerprint density at radius 2 is 2.09 bits per heavy atom. The third-order valence-corrected chi connectivity index (χ3v) is 4.19. The largest absolute Gasteiger partial charge is 0.478 e. The Morgan fingerprint density at radius 1 is 1.39 bits per heavy atom. The minimum absolute atomic E-state index is 0.0435. The van der Waals surface area contributed by atoms with E-state index in [4.69, 9.17) is 5.11 Å². The maximum Gasteiger partial charge on any atom is 0.335 e. The number of hydrogen-bond acceptors (Lipinski definition) is 3. The van der Waals surface area contributed by atoms with Crippen LogP contribution in [0, 0.1) is 0 Å². The van der Waals surface area contributed by atoms with Crippen LogP contribution in [0.4, 0.5) is 0 Å². The van der Waals surface area contributed by atoms with Crippen LogP contribution in [0.2, 0.25) is 0 Å². The first-order chi connectivity index (χ1) is 11.0. The number of likely N-dealkylation sites (tertiary alicyclic amines) is 1. The van der Waals surface area contributed by atoms with Crippen molar-refractivity contribution in [3.05, 3.63) is 47.5 Å². The molecule has 1 heterocycles. The predicted octanol–water partition coefficient (Wildman–Crippen LogP) is 2.25. The van der Waals surface area contributed by atoms with Crippen molar-refractivity contribution in [1.29, 1.82) is 0 Å². The molecule has 1 aliphatic rings. The number of aromatic carboxylic acids is 1. The lowest BCUT2D eigenvalue weighted by Crippen LogP contribution is -2.33. The van der Waals surface area contributed by atoms with Crippen LogP contribution in [-0.4, -0.2) is 45.7 Å². The van der Waals surface area contributed by atoms with Crippen molar-refractivity contribution in [3.8, 4) is 0 Å². The van der Waals surface area contributed by atoms with Gasteiger partial charge >= 0.3 is 5.97 Å². The SMILES string of the molecule is CC[C@H](O)C=C[C@H]1CCC(=O)N1CCc1ccc(C(=O)O)cc1. The molecule has 124 valence electrons. The molecule has 0 bridgehead atoms. The standard InChI is InChI=1S/C18H23NO4/c1-2-16(20)9-7-15-8-10-17(21)19(15)12-11-13-3-5-14(6-4-13)18(22)23/h3-7,9,15-16,20H,2,8,10-12H2,1H3,(H,22,23)/t15-,16-/m0/s1. The topological polar surface area (TPSA) is 77.8 Å². The van der Waals surface area contributed by atoms with Gasteiger partial charge in [-0.25, -0.2) is 4.79 Å². The molecule has 5 heteroatoms. The molecule has 2 atom stereocenters. The van der Waals surface area contributed by atoms with Crippen LogP contribution in [0.1, 0.15) is 42.1 Å². The Kier molecular flexibility index (Phi) is 5.93. The maximum absolute atomic E-state index is 12.0. The molecule has 1 aromatic carbocycles. The second-order valence-electron chi connectivity index (χ2n) is 5.81. The van der Waals surface area contributed by atoms with Crippen LogP contribution in [0.5, 0.6) is 0 Å². The predicted molar refractivity (Wildman–Crippen MR) is 87.3 cm³/mol. The summed E-state index contributed by atoms with van der Waals surface area (Å²) < 4.78 is 0. The van der Waals surface area contributed by atoms with E-state index in [9.17, 15) is 14.7 Å². The number of carbonyl (C=O) groups excluding carboxylic acids is 1. The molecule has 1 fully saturated rings. The summed E-state index contributed by atoms with van der Waals surface area (Å²) in [6.45, 7) is 2.51. The van der Waals surface area contributed by atoms with Crippen LogP contribution in [0.25, 0.3) is 0 Å². The van der Waals surface area contributed by atoms with E-state index in [1.807, 2.05) is 17.9 Å². The Morgan fingerprint density at radius 3 is 2.70 bits per heavy atom. The quantitative estimate of drug-likeness (QED) is 0.756. The molecule has 0 unspecified atom stereocenters. The van der Waals surface area contributed by atoms with Gasteiger partial charge in [-0.2, -0.15) is 0 Å². The van der Waals surface area contributed by atoms with Crippen molar-refractivity contribution in [1.82, 2.24) is 4.90 Å². The molecule has 1 aliphatic heterocycles. The van der Waals surface area contributed by atoms with Gasteiger partial charge in [-0.1, -0.05) is 31.2 Å². The third kappa shape index (κ3) is 4.66. The number of carbonyl (C=O) groups is 2. The van der Waals surface area contributed by atoms with Crippen molar-refractivity contribution in [3.63, 3.8) is 0 Å². The van der Waals surface area contributed by atoms with Crippen molar-refractivity contribution < 1.29 is 19.8 Å². The van der Waals surface area contributed by atoms with Gasteiger partial charge in [0, 0.05) is 13.0 Å². The van der Waals surface area contributed by atoms with Gasteiger partial charge in [-0.05, 0) is 37.0 Å². The monoisotopic (exact) mass is 317 g/mol. The van der Waals surface area contributed by atoms with E-state index in [2.05, 4.69) is 0 Å². The second kappa shape index (κ2) is 7.92. The summed E-state index contributed by atoms with van der Waals surface area (Å²) >= 11 is 0. The van der Waals surface area contributed by atoms with Gasteiger partial charge < -0.3 is 15.1 Å². The van der Waals surface area contributed by atoms with Crippen LogP contribution < -0.4 is 0 Å². The molecule has 5 nitrogen and oxygen atoms in total. The zero-order chi connectivity index (χ0) is 16.8. The van der Waals surface area contributed by atoms with Gasteiger partial charge in [0.2, 0.25) is 5.91 Å². The summed E-state index contributed by atoms with van der Waals surface area (Å²) in [5, 5.41) is 18.5. The molecule has 23 heavy (non-hydrogen) atoms. The van der Waals surface area contributed by atoms with Gasteiger partial charge in [0.1, 0.15) is 0 Å². The van der Waals surface area contributed by atoms with E-state index in [1.54, 1.807) is 30.3 Å². The molecule has 2 rings (SSSR count). The van der Waals surface area contributed by atoms with Gasteiger partial charge in [-0.3, -0.25) is 4.79 Å². The highest BCUT2D eigenvalue weighted by Crippen LogP contribution is 2.21. The van der Waals surface area contributed by atoms with E-state index < -0.39 is 12.1 Å². The summed E-state index contributed by atoms with van der Waals surface area (Å²) in [5.74, 6) is -0.807. The number of carboxylic acids is 1. The Balaban J connectivity index is 1.95. The lowest BCUT2D eigenvalue weighted by molar-refractivity contribution is -0.128. The maximum atomic E-state index is 12.0. The molecule has 0 saturated carbocycles. The molecule has 0 aliphatic carbocycles. The fraction of sp³-hybridized carbons (Fsp3) is 0.444. The van der Waals surface area contributed by atoms with Crippen molar-refractivity contribution in [2.45, 2.75) is 44.8 Å². The number of nitrogens with zero attached hydrogens (tertiary/aromatic N) is 1. The fourth-order valence-corrected chi connectivity index (χ4v) is 2.70. The van der Waals surface area contributed by atoms with E-state index in [1.165, 1.54) is 0 Å². The van der Waals surface area contributed by atoms with Crippen molar-refractivity contribution >= 4 is 11.9 Å². The molecular formula is C18H23NO4. The molecule has 1 aromatic rings. The highest BCUT2D eigenvalue weighted by atomic mass is 16.4. The second-order valence-corrected chi connectivity index (χ2v) is 5.81. The van der Waals surface area contributed by atoms with E-state index >= 15 is 0 Å². The molecular weight excluding hydrogens is 294 g/mol. The zero-order valence-corrected chi connectivity index (χ0v) is 13.3. The highest BCUT2D eigenvalue weighted by Gasteiger charge is 2.28. The number of hydrogen-bond donors (Lipinski definition) is 2. The lowest BCUT2D eigenvalue weighted by Gasteiger charge is -2.22. The van der Waals surface area contributed by atoms with Gasteiger partial charge in [0.05, 0.1) is 17.7 Å². The van der Waals surface area contributed by atoms with Gasteiger partial charge in [0.25, 0.3) is 0 Å². The molecule has 1 saturated heterocycles. The minimum atomic E-state index is -0.939. The summed E-state index contributed by atoms with van der Waals surface area (Å²) in [6.07, 6.45) is 5.89. The van der Waals surface area contributed by atoms with Crippen LogP contribution in [-0.2, 0) is 11.2 Å². The van der Waals surface area contributed by atoms with Crippen LogP contribution in [0.3, 0.4) is 0 Å². The number of aliphatic hydroxyl groups is 1. The Bertz CT molecular complexity index is 579. The average Bonchev–Trinajstić information content (AvgIpc) is 2.91. The van der Waals surface area contributed by atoms with Gasteiger partial charge in [0.15, 0.2) is 0 Å². The number of carboxylic acid groups (broad SMARTS) is 1. The Hall–Kier alpha value is -2.14. The first-order valence-corrected chi connectivity index (χ1v) is 7.99. The van der Waals surface area contributed by atoms with Crippen LogP contribution in [0.15, 0.2) is 36.4 Å². The lowest BCUT2D eigenvalue weighted by atomic mass is 10.1. The first kappa shape index (κ1) is 17.2. The molecule has 0 radical (unpaired) electrons. The first-order valence-electron chi connectivity index (χ1n) is 7.99. The number of amides is 1. The molecule has 0 aromatic heterocycles. The fourth-order valence-electron chi connectivity index (χ4n) is 2.70. The average molecular weight is 317 g/mol. The Labute approximate surface area is 136 Å². The number of aliphatic hydroxyl groups excluding tert-OH is 1. The van der Waals surface area contributed by atoms with Crippen LogP contribution >= 0.6 is 0 Å². The summed E-state index contributed by atoms with van der Waals surface area (Å²) in [6, 6.07) is 6.78. The van der Waals surface area contributed by atoms with E-state index in [-0.39, 0.29) is 17.5 Å². The van der Waals surface area contributed by atoms with Gasteiger partial charge in [-0.15, -0.1) is 0 Å². The van der Waals surface area contributed by atoms with Crippen molar-refractivity contribution in [2.24, 2.45) is 0 Å². The van der Waals surface area contributed by atoms with E-state index in [0.29, 0.717) is 25.8 Å². The minimum Gasteiger partial charge on any atom is -0.478 e. The molecule has 1 amide bonds. The normalized spacial score (nSPS) is 19.5. The summed E-state index contributed by atoms with van der Waals surface area (Å²) in [4.78, 5) is 24.7. The number of rotatable bonds is 7. The molecule has 0 spiro atoms. The zero-order valence-electron chi connectivity index (χ0n) is 13.3. The molecule has 2 N–H and O–H groups in total. The summed E-state index contributed by atoms with van der Waals surface area (Å²) in [5.41, 5.74) is 1.27. The summed E-state index contributed by atoms with van der Waals surface area (Å²) in [7, 11) is 0. The number of benzene rings is 1. The third-order valence-electron chi connectivity index (χ3n) is 4.19.